The lowest BCUT2D eigenvalue weighted by atomic mass is 9.95. The van der Waals surface area contributed by atoms with Gasteiger partial charge < -0.3 is 5.11 Å². The first-order valence-electron chi connectivity index (χ1n) is 12.3. The van der Waals surface area contributed by atoms with E-state index in [0.717, 1.165) is 10.4 Å². The number of hydrogen-bond acceptors (Lipinski definition) is 9. The van der Waals surface area contributed by atoms with Crippen LogP contribution in [0.25, 0.3) is 10.8 Å². The summed E-state index contributed by atoms with van der Waals surface area (Å²) in [6.45, 7) is 3.55. The topological polar surface area (TPSA) is 96.3 Å². The molecule has 200 valence electrons. The number of hydrogen-bond donors (Lipinski definition) is 1. The van der Waals surface area contributed by atoms with Crippen molar-refractivity contribution in [3.8, 4) is 0 Å². The van der Waals surface area contributed by atoms with E-state index in [0.29, 0.717) is 31.2 Å². The minimum Gasteiger partial charge on any atom is -0.503 e. The van der Waals surface area contributed by atoms with Crippen molar-refractivity contribution in [3.05, 3.63) is 110 Å². The molecule has 3 aromatic carbocycles. The number of amides is 1. The highest BCUT2D eigenvalue weighted by molar-refractivity contribution is 8.00. The largest absolute Gasteiger partial charge is 0.503 e. The van der Waals surface area contributed by atoms with Gasteiger partial charge in [-0.1, -0.05) is 89.3 Å². The first-order valence-corrected chi connectivity index (χ1v) is 15.3. The molecule has 1 amide bonds. The number of aliphatic hydroxyl groups is 1. The summed E-state index contributed by atoms with van der Waals surface area (Å²) >= 11 is 10.1. The molecule has 0 saturated carbocycles. The summed E-state index contributed by atoms with van der Waals surface area (Å²) in [6, 6.07) is 20.3. The molecule has 7 nitrogen and oxygen atoms in total. The van der Waals surface area contributed by atoms with Crippen LogP contribution in [-0.4, -0.2) is 32.0 Å². The number of nitrogens with zero attached hydrogens (tertiary/aromatic N) is 4. The van der Waals surface area contributed by atoms with Crippen LogP contribution in [0.15, 0.2) is 82.4 Å². The van der Waals surface area contributed by atoms with Gasteiger partial charge in [-0.3, -0.25) is 14.5 Å². The van der Waals surface area contributed by atoms with Crippen LogP contribution in [-0.2, 0) is 10.5 Å². The molecule has 0 fully saturated rings. The SMILES string of the molecule is Cc1nc(C)c(C(=O)C2=C(O)C(=O)N(c3nnc(SCc4cccc5ccccc45)s3)C2c2ccc(Cl)cc2)s1. The maximum Gasteiger partial charge on any atom is 0.296 e. The summed E-state index contributed by atoms with van der Waals surface area (Å²) in [6.07, 6.45) is 0. The molecule has 1 atom stereocenters. The Balaban J connectivity index is 1.34. The molecular formula is C29H21ClN4O3S3. The lowest BCUT2D eigenvalue weighted by Crippen LogP contribution is -2.31. The molecule has 6 rings (SSSR count). The minimum atomic E-state index is -0.900. The second kappa shape index (κ2) is 10.8. The van der Waals surface area contributed by atoms with E-state index in [9.17, 15) is 14.7 Å². The van der Waals surface area contributed by atoms with E-state index in [1.807, 2.05) is 25.1 Å². The fraction of sp³-hybridized carbons (Fsp3) is 0.138. The van der Waals surface area contributed by atoms with Gasteiger partial charge in [0.25, 0.3) is 5.91 Å². The number of aliphatic hydroxyl groups excluding tert-OH is 1. The van der Waals surface area contributed by atoms with Crippen LogP contribution in [0, 0.1) is 13.8 Å². The maximum absolute atomic E-state index is 13.7. The number of thioether (sulfide) groups is 1. The summed E-state index contributed by atoms with van der Waals surface area (Å²) in [5.41, 5.74) is 2.32. The number of ketones is 1. The predicted octanol–water partition coefficient (Wildman–Crippen LogP) is 7.49. The van der Waals surface area contributed by atoms with Gasteiger partial charge in [0.05, 0.1) is 27.2 Å². The Morgan fingerprint density at radius 3 is 2.52 bits per heavy atom. The number of Topliss-reactive ketones (excluding diaryl/α,β-unsaturated/α-hetero) is 1. The summed E-state index contributed by atoms with van der Waals surface area (Å²) in [4.78, 5) is 33.3. The zero-order valence-electron chi connectivity index (χ0n) is 21.3. The molecule has 0 radical (unpaired) electrons. The summed E-state index contributed by atoms with van der Waals surface area (Å²) in [5.74, 6) is -1.08. The Morgan fingerprint density at radius 2 is 1.77 bits per heavy atom. The molecule has 0 bridgehead atoms. The molecule has 1 unspecified atom stereocenters. The molecule has 2 aromatic heterocycles. The average molecular weight is 605 g/mol. The zero-order valence-corrected chi connectivity index (χ0v) is 24.5. The minimum absolute atomic E-state index is 0.0146. The monoisotopic (exact) mass is 604 g/mol. The van der Waals surface area contributed by atoms with Crippen molar-refractivity contribution in [1.29, 1.82) is 0 Å². The number of carbonyl (C=O) groups excluding carboxylic acids is 2. The molecule has 0 saturated heterocycles. The lowest BCUT2D eigenvalue weighted by molar-refractivity contribution is -0.117. The Hall–Kier alpha value is -3.57. The van der Waals surface area contributed by atoms with Crippen LogP contribution in [0.1, 0.15) is 37.5 Å². The summed E-state index contributed by atoms with van der Waals surface area (Å²) < 4.78 is 0.666. The number of rotatable bonds is 7. The number of halogens is 1. The van der Waals surface area contributed by atoms with Crippen LogP contribution < -0.4 is 4.90 Å². The number of thiazole rings is 1. The van der Waals surface area contributed by atoms with Crippen LogP contribution >= 0.6 is 46.0 Å². The average Bonchev–Trinajstić information content (AvgIpc) is 3.63. The van der Waals surface area contributed by atoms with E-state index in [2.05, 4.69) is 39.4 Å². The number of carbonyl (C=O) groups is 2. The van der Waals surface area contributed by atoms with E-state index < -0.39 is 23.5 Å². The maximum atomic E-state index is 13.7. The predicted molar refractivity (Wildman–Crippen MR) is 161 cm³/mol. The molecule has 3 heterocycles. The second-order valence-corrected chi connectivity index (χ2v) is 13.0. The number of anilines is 1. The van der Waals surface area contributed by atoms with Gasteiger partial charge in [0.1, 0.15) is 0 Å². The van der Waals surface area contributed by atoms with Gasteiger partial charge in [-0.05, 0) is 47.9 Å². The molecule has 40 heavy (non-hydrogen) atoms. The fourth-order valence-electron chi connectivity index (χ4n) is 4.78. The van der Waals surface area contributed by atoms with Crippen molar-refractivity contribution < 1.29 is 14.7 Å². The molecule has 0 spiro atoms. The molecule has 1 aliphatic heterocycles. The molecular weight excluding hydrogens is 584 g/mol. The molecule has 11 heteroatoms. The molecule has 1 N–H and O–H groups in total. The normalized spacial score (nSPS) is 15.4. The molecule has 5 aromatic rings. The van der Waals surface area contributed by atoms with E-state index in [1.54, 1.807) is 31.2 Å². The Morgan fingerprint density at radius 1 is 1.02 bits per heavy atom. The van der Waals surface area contributed by atoms with Gasteiger partial charge in [0.2, 0.25) is 10.9 Å². The standard InChI is InChI=1S/C29H21ClN4O3S3/c1-15-26(39-16(2)31-15)24(35)22-23(18-10-12-20(30)13-11-18)34(27(37)25(22)36)28-32-33-29(40-28)38-14-19-8-5-7-17-6-3-4-9-21(17)19/h3-13,23,36H,14H2,1-2H3. The van der Waals surface area contributed by atoms with E-state index >= 15 is 0 Å². The van der Waals surface area contributed by atoms with Crippen molar-refractivity contribution in [1.82, 2.24) is 15.2 Å². The van der Waals surface area contributed by atoms with Crippen molar-refractivity contribution in [2.24, 2.45) is 0 Å². The van der Waals surface area contributed by atoms with E-state index in [-0.39, 0.29) is 10.7 Å². The smallest absolute Gasteiger partial charge is 0.296 e. The molecule has 0 aliphatic carbocycles. The first-order chi connectivity index (χ1) is 19.3. The van der Waals surface area contributed by atoms with Gasteiger partial charge in [-0.15, -0.1) is 21.5 Å². The second-order valence-electron chi connectivity index (χ2n) is 9.15. The van der Waals surface area contributed by atoms with Crippen LogP contribution in [0.5, 0.6) is 0 Å². The summed E-state index contributed by atoms with van der Waals surface area (Å²) in [7, 11) is 0. The van der Waals surface area contributed by atoms with Crippen LogP contribution in [0.4, 0.5) is 5.13 Å². The highest BCUT2D eigenvalue weighted by Gasteiger charge is 2.46. The highest BCUT2D eigenvalue weighted by atomic mass is 35.5. The third-order valence-corrected chi connectivity index (χ3v) is 10.0. The van der Waals surface area contributed by atoms with Gasteiger partial charge in [0, 0.05) is 10.8 Å². The van der Waals surface area contributed by atoms with E-state index in [4.69, 9.17) is 11.6 Å². The van der Waals surface area contributed by atoms with Gasteiger partial charge in [-0.25, -0.2) is 4.98 Å². The molecule has 1 aliphatic rings. The van der Waals surface area contributed by atoms with Crippen molar-refractivity contribution in [3.63, 3.8) is 0 Å². The quantitative estimate of drug-likeness (QED) is 0.117. The van der Waals surface area contributed by atoms with Gasteiger partial charge in [-0.2, -0.15) is 0 Å². The number of aromatic nitrogens is 3. The van der Waals surface area contributed by atoms with E-state index in [1.165, 1.54) is 50.3 Å². The Bertz CT molecular complexity index is 1810. The number of aryl methyl sites for hydroxylation is 2. The van der Waals surface area contributed by atoms with Crippen molar-refractivity contribution in [2.75, 3.05) is 4.90 Å². The fourth-order valence-corrected chi connectivity index (χ4v) is 7.65. The highest BCUT2D eigenvalue weighted by Crippen LogP contribution is 2.44. The third kappa shape index (κ3) is 4.81. The third-order valence-electron chi connectivity index (χ3n) is 6.58. The van der Waals surface area contributed by atoms with Gasteiger partial charge >= 0.3 is 0 Å². The number of benzene rings is 3. The van der Waals surface area contributed by atoms with Crippen LogP contribution in [0.3, 0.4) is 0 Å². The Labute approximate surface area is 247 Å². The Kier molecular flexibility index (Phi) is 7.18. The number of fused-ring (bicyclic) bond motifs is 1. The van der Waals surface area contributed by atoms with Crippen molar-refractivity contribution in [2.45, 2.75) is 30.0 Å². The zero-order chi connectivity index (χ0) is 28.0. The van der Waals surface area contributed by atoms with Gasteiger partial charge in [0.15, 0.2) is 10.1 Å². The first kappa shape index (κ1) is 26.6. The lowest BCUT2D eigenvalue weighted by Gasteiger charge is -2.24. The van der Waals surface area contributed by atoms with Crippen LogP contribution in [0.2, 0.25) is 5.02 Å². The summed E-state index contributed by atoms with van der Waals surface area (Å²) in [5, 5.41) is 23.5. The van der Waals surface area contributed by atoms with Crippen molar-refractivity contribution >= 4 is 73.6 Å².